The number of fused-ring (bicyclic) bond motifs is 2. The molecule has 4 fully saturated rings. The summed E-state index contributed by atoms with van der Waals surface area (Å²) in [5.74, 6) is 0.960. The van der Waals surface area contributed by atoms with E-state index in [0.717, 1.165) is 37.0 Å². The Kier molecular flexibility index (Phi) is 8.27. The highest BCUT2D eigenvalue weighted by Crippen LogP contribution is 2.79. The van der Waals surface area contributed by atoms with Crippen LogP contribution in [-0.4, -0.2) is 54.4 Å². The third-order valence-electron chi connectivity index (χ3n) is 15.2. The Labute approximate surface area is 328 Å². The lowest BCUT2D eigenvalue weighted by atomic mass is 9.32. The Morgan fingerprint density at radius 2 is 1.71 bits per heavy atom. The van der Waals surface area contributed by atoms with Gasteiger partial charge in [-0.05, 0) is 105 Å². The predicted octanol–water partition coefficient (Wildman–Crippen LogP) is 10.1. The zero-order valence-electron chi connectivity index (χ0n) is 31.8. The van der Waals surface area contributed by atoms with Gasteiger partial charge in [0.15, 0.2) is 5.76 Å². The maximum Gasteiger partial charge on any atom is 0.416 e. The van der Waals surface area contributed by atoms with Gasteiger partial charge in [0.25, 0.3) is 0 Å². The lowest BCUT2D eigenvalue weighted by molar-refractivity contribution is -0.164. The predicted molar refractivity (Wildman–Crippen MR) is 201 cm³/mol. The van der Waals surface area contributed by atoms with Crippen molar-refractivity contribution in [2.45, 2.75) is 83.2 Å². The Morgan fingerprint density at radius 3 is 2.46 bits per heavy atom. The quantitative estimate of drug-likeness (QED) is 0.188. The number of hydrogen-bond donors (Lipinski definition) is 1. The largest absolute Gasteiger partial charge is 0.497 e. The van der Waals surface area contributed by atoms with Crippen LogP contribution < -0.4 is 9.47 Å². The Bertz CT molecular complexity index is 2210. The molecule has 296 valence electrons. The molecule has 2 bridgehead atoms. The summed E-state index contributed by atoms with van der Waals surface area (Å²) >= 11 is 6.39. The number of ether oxygens (including phenoxy) is 3. The van der Waals surface area contributed by atoms with Gasteiger partial charge in [-0.1, -0.05) is 43.7 Å². The summed E-state index contributed by atoms with van der Waals surface area (Å²) in [6.45, 7) is 5.22. The molecule has 2 aromatic carbocycles. The minimum Gasteiger partial charge on any atom is -0.497 e. The van der Waals surface area contributed by atoms with Gasteiger partial charge >= 0.3 is 12.3 Å². The van der Waals surface area contributed by atoms with Crippen LogP contribution in [0.2, 0.25) is 5.02 Å². The second kappa shape index (κ2) is 12.4. The first kappa shape index (κ1) is 37.4. The number of methoxy groups -OCH3 is 2. The van der Waals surface area contributed by atoms with Gasteiger partial charge in [0.1, 0.15) is 22.9 Å². The van der Waals surface area contributed by atoms with Crippen LogP contribution >= 0.6 is 11.6 Å². The van der Waals surface area contributed by atoms with Crippen LogP contribution in [0.15, 0.2) is 76.7 Å². The van der Waals surface area contributed by atoms with Crippen molar-refractivity contribution in [3.8, 4) is 22.8 Å². The van der Waals surface area contributed by atoms with Gasteiger partial charge in [-0.2, -0.15) is 13.2 Å². The van der Waals surface area contributed by atoms with Crippen LogP contribution in [0.1, 0.15) is 80.5 Å². The van der Waals surface area contributed by atoms with E-state index in [1.54, 1.807) is 25.2 Å². The van der Waals surface area contributed by atoms with Crippen molar-refractivity contribution in [3.05, 3.63) is 94.2 Å². The fraction of sp³-hybridized carbons (Fsp3) is 0.500. The minimum atomic E-state index is -4.59. The molecule has 7 aliphatic rings. The number of hydrogen-bond acceptors (Lipinski definition) is 7. The molecule has 3 spiro atoms. The fourth-order valence-corrected chi connectivity index (χ4v) is 12.5. The first-order chi connectivity index (χ1) is 26.5. The molecular weight excluding hydrogens is 747 g/mol. The molecular formula is C44H45ClF3NO7. The van der Waals surface area contributed by atoms with Gasteiger partial charge in [-0.25, -0.2) is 4.79 Å². The number of carbonyl (C=O) groups is 2. The highest BCUT2D eigenvalue weighted by atomic mass is 35.5. The topological polar surface area (TPSA) is 98.4 Å². The molecule has 56 heavy (non-hydrogen) atoms. The van der Waals surface area contributed by atoms with E-state index < -0.39 is 39.7 Å². The fourth-order valence-electron chi connectivity index (χ4n) is 12.3. The summed E-state index contributed by atoms with van der Waals surface area (Å²) in [7, 11) is 3.17. The average Bonchev–Trinajstić information content (AvgIpc) is 3.86. The van der Waals surface area contributed by atoms with E-state index in [2.05, 4.69) is 32.1 Å². The van der Waals surface area contributed by atoms with E-state index in [1.807, 2.05) is 12.1 Å². The normalized spacial score (nSPS) is 35.5. The van der Waals surface area contributed by atoms with Crippen LogP contribution in [0.4, 0.5) is 18.0 Å². The molecule has 12 heteroatoms. The van der Waals surface area contributed by atoms with E-state index >= 15 is 4.79 Å². The number of furan rings is 1. The molecule has 10 rings (SSSR count). The number of amides is 1. The zero-order chi connectivity index (χ0) is 39.6. The second-order valence-electron chi connectivity index (χ2n) is 17.4. The molecule has 8 nitrogen and oxygen atoms in total. The summed E-state index contributed by atoms with van der Waals surface area (Å²) in [5.41, 5.74) is -2.29. The number of ketones is 1. The molecule has 1 N–H and O–H groups in total. The first-order valence-electron chi connectivity index (χ1n) is 19.4. The third-order valence-corrected chi connectivity index (χ3v) is 15.5. The highest BCUT2D eigenvalue weighted by molar-refractivity contribution is 6.33. The molecule has 2 heterocycles. The number of carbonyl (C=O) groups excluding carboxylic acids is 2. The van der Waals surface area contributed by atoms with Crippen LogP contribution in [0.25, 0.3) is 11.3 Å². The Hall–Kier alpha value is -4.22. The SMILES string of the molecule is COc1ccc(CN2C[C@@]3(CC[C@H]4[C@]56C=C[C@@]7(C=C5C(=O)c5ccc(-c8cc(C(F)(F)F)ccc8Cl)o5)C[C@@H](O)CC[C@]7(C)[C@H]6CC[C@@]43C)OC2=O)c(OC)c1. The van der Waals surface area contributed by atoms with Crippen molar-refractivity contribution in [2.24, 2.45) is 33.5 Å². The van der Waals surface area contributed by atoms with Gasteiger partial charge in [-0.15, -0.1) is 0 Å². The van der Waals surface area contributed by atoms with Crippen molar-refractivity contribution in [1.29, 1.82) is 0 Å². The maximum atomic E-state index is 15.1. The smallest absolute Gasteiger partial charge is 0.416 e. The number of alkyl halides is 3. The number of halogens is 4. The second-order valence-corrected chi connectivity index (χ2v) is 17.8. The minimum absolute atomic E-state index is 0.00941. The van der Waals surface area contributed by atoms with E-state index in [0.29, 0.717) is 55.8 Å². The lowest BCUT2D eigenvalue weighted by Crippen LogP contribution is -2.67. The van der Waals surface area contributed by atoms with Gasteiger partial charge in [0.2, 0.25) is 5.78 Å². The van der Waals surface area contributed by atoms with Crippen LogP contribution in [0, 0.1) is 33.5 Å². The highest BCUT2D eigenvalue weighted by Gasteiger charge is 2.76. The Balaban J connectivity index is 1.10. The summed E-state index contributed by atoms with van der Waals surface area (Å²) in [4.78, 5) is 30.7. The monoisotopic (exact) mass is 791 g/mol. The van der Waals surface area contributed by atoms with Crippen molar-refractivity contribution in [2.75, 3.05) is 20.8 Å². The van der Waals surface area contributed by atoms with E-state index in [1.165, 1.54) is 18.2 Å². The van der Waals surface area contributed by atoms with Crippen molar-refractivity contribution < 1.29 is 46.5 Å². The van der Waals surface area contributed by atoms with Crippen LogP contribution in [0.3, 0.4) is 0 Å². The lowest BCUT2D eigenvalue weighted by Gasteiger charge is -2.71. The molecule has 0 unspecified atom stereocenters. The van der Waals surface area contributed by atoms with Gasteiger partial charge in [0, 0.05) is 39.0 Å². The molecule has 1 aliphatic heterocycles. The number of rotatable bonds is 7. The van der Waals surface area contributed by atoms with Gasteiger partial charge < -0.3 is 23.7 Å². The molecule has 3 aromatic rings. The summed E-state index contributed by atoms with van der Waals surface area (Å²) in [6, 6.07) is 11.6. The summed E-state index contributed by atoms with van der Waals surface area (Å²) in [5, 5.41) is 11.1. The average molecular weight is 792 g/mol. The zero-order valence-corrected chi connectivity index (χ0v) is 32.6. The molecule has 1 saturated heterocycles. The number of aliphatic hydroxyl groups is 1. The number of benzene rings is 2. The van der Waals surface area contributed by atoms with Crippen molar-refractivity contribution in [3.63, 3.8) is 0 Å². The number of nitrogens with zero attached hydrogens (tertiary/aromatic N) is 1. The molecule has 8 atom stereocenters. The maximum absolute atomic E-state index is 15.1. The Morgan fingerprint density at radius 1 is 0.964 bits per heavy atom. The molecule has 1 amide bonds. The third kappa shape index (κ3) is 5.01. The standard InChI is InChI=1S/C44H45ClF3NO7/c1-39-14-11-27(50)21-41(39)17-18-43(30(22-41)37(51)33-10-9-32(55-33)29-19-26(44(46,47)48)6-8-31(29)45)35(39)12-15-40(2)36(43)13-16-42(40)24-49(38(52)56-42)23-25-5-7-28(53-3)20-34(25)54-4/h5-10,17-20,22,27,35-36,50H,11-16,21,23-24H2,1-4H3/t27-,35+,36+,39+,40-,41-,42+,43+/m0/s1. The van der Waals surface area contributed by atoms with Gasteiger partial charge in [0.05, 0.1) is 44.0 Å². The first-order valence-corrected chi connectivity index (χ1v) is 19.7. The van der Waals surface area contributed by atoms with E-state index in [9.17, 15) is 23.1 Å². The number of allylic oxidation sites excluding steroid dienone is 4. The number of aliphatic hydroxyl groups excluding tert-OH is 1. The van der Waals surface area contributed by atoms with E-state index in [-0.39, 0.29) is 51.2 Å². The summed E-state index contributed by atoms with van der Waals surface area (Å²) < 4.78 is 64.7. The molecule has 1 aromatic heterocycles. The molecule has 0 radical (unpaired) electrons. The van der Waals surface area contributed by atoms with Gasteiger partial charge in [-0.3, -0.25) is 9.69 Å². The van der Waals surface area contributed by atoms with E-state index in [4.69, 9.17) is 30.2 Å². The number of Topliss-reactive ketones (excluding diaryl/α,β-unsaturated/α-hetero) is 1. The van der Waals surface area contributed by atoms with Crippen LogP contribution in [-0.2, 0) is 17.5 Å². The van der Waals surface area contributed by atoms with Crippen molar-refractivity contribution >= 4 is 23.5 Å². The van der Waals surface area contributed by atoms with Crippen LogP contribution in [0.5, 0.6) is 11.5 Å². The van der Waals surface area contributed by atoms with Crippen molar-refractivity contribution in [1.82, 2.24) is 4.90 Å². The molecule has 3 saturated carbocycles. The molecule has 6 aliphatic carbocycles. The summed E-state index contributed by atoms with van der Waals surface area (Å²) in [6.07, 6.45) is 5.91.